The molecule has 0 atom stereocenters. The summed E-state index contributed by atoms with van der Waals surface area (Å²) < 4.78 is 5.08. The number of hydrogen-bond donors (Lipinski definition) is 1. The molecular formula is C16H24N2O3. The lowest BCUT2D eigenvalue weighted by molar-refractivity contribution is -0.138. The topological polar surface area (TPSA) is 58.6 Å². The minimum Gasteiger partial charge on any atom is -0.463 e. The molecule has 116 valence electrons. The van der Waals surface area contributed by atoms with Crippen LogP contribution < -0.4 is 5.32 Å². The molecule has 2 aliphatic rings. The number of hydrogen-bond acceptors (Lipinski definition) is 4. The van der Waals surface area contributed by atoms with Gasteiger partial charge in [-0.2, -0.15) is 0 Å². The Kier molecular flexibility index (Phi) is 5.42. The lowest BCUT2D eigenvalue weighted by Gasteiger charge is -2.24. The summed E-state index contributed by atoms with van der Waals surface area (Å²) >= 11 is 0. The van der Waals surface area contributed by atoms with E-state index in [4.69, 9.17) is 4.74 Å². The number of carbonyl (C=O) groups is 2. The average molecular weight is 292 g/mol. The van der Waals surface area contributed by atoms with Gasteiger partial charge in [-0.1, -0.05) is 25.3 Å². The van der Waals surface area contributed by atoms with E-state index in [2.05, 4.69) is 11.9 Å². The number of nitrogens with zero attached hydrogens (tertiary/aromatic N) is 1. The molecule has 1 heterocycles. The molecule has 1 N–H and O–H groups in total. The van der Waals surface area contributed by atoms with E-state index in [-0.39, 0.29) is 11.9 Å². The fourth-order valence-corrected chi connectivity index (χ4v) is 2.92. The van der Waals surface area contributed by atoms with Gasteiger partial charge < -0.3 is 15.0 Å². The SMILES string of the molecule is C=CCN1CC(C(=O)OCC)=C(NC2CCCCC2)C1=O. The Morgan fingerprint density at radius 1 is 1.43 bits per heavy atom. The van der Waals surface area contributed by atoms with E-state index in [0.29, 0.717) is 31.0 Å². The molecule has 2 rings (SSSR count). The number of rotatable bonds is 6. The maximum atomic E-state index is 12.4. The van der Waals surface area contributed by atoms with Crippen LogP contribution in [0.4, 0.5) is 0 Å². The van der Waals surface area contributed by atoms with Gasteiger partial charge in [0.2, 0.25) is 0 Å². The van der Waals surface area contributed by atoms with Gasteiger partial charge in [0.25, 0.3) is 5.91 Å². The van der Waals surface area contributed by atoms with E-state index in [1.165, 1.54) is 19.3 Å². The maximum Gasteiger partial charge on any atom is 0.338 e. The normalized spacial score (nSPS) is 19.9. The van der Waals surface area contributed by atoms with Gasteiger partial charge in [0, 0.05) is 12.6 Å². The number of amides is 1. The molecule has 1 fully saturated rings. The largest absolute Gasteiger partial charge is 0.463 e. The van der Waals surface area contributed by atoms with Crippen LogP contribution in [-0.4, -0.2) is 42.5 Å². The highest BCUT2D eigenvalue weighted by Crippen LogP contribution is 2.23. The quantitative estimate of drug-likeness (QED) is 0.598. The number of carbonyl (C=O) groups excluding carboxylic acids is 2. The number of nitrogens with one attached hydrogen (secondary N) is 1. The highest BCUT2D eigenvalue weighted by atomic mass is 16.5. The fraction of sp³-hybridized carbons (Fsp3) is 0.625. The van der Waals surface area contributed by atoms with Gasteiger partial charge in [0.15, 0.2) is 0 Å². The van der Waals surface area contributed by atoms with E-state index >= 15 is 0 Å². The van der Waals surface area contributed by atoms with Crippen LogP contribution >= 0.6 is 0 Å². The molecule has 0 aromatic rings. The van der Waals surface area contributed by atoms with Crippen LogP contribution in [0.15, 0.2) is 23.9 Å². The van der Waals surface area contributed by atoms with Crippen molar-refractivity contribution in [2.24, 2.45) is 0 Å². The molecule has 0 aromatic carbocycles. The van der Waals surface area contributed by atoms with Crippen molar-refractivity contribution in [1.29, 1.82) is 0 Å². The van der Waals surface area contributed by atoms with Crippen molar-refractivity contribution in [3.05, 3.63) is 23.9 Å². The molecule has 5 heteroatoms. The monoisotopic (exact) mass is 292 g/mol. The van der Waals surface area contributed by atoms with Gasteiger partial charge in [-0.25, -0.2) is 4.79 Å². The van der Waals surface area contributed by atoms with Gasteiger partial charge in [-0.3, -0.25) is 4.79 Å². The van der Waals surface area contributed by atoms with Crippen LogP contribution in [0.1, 0.15) is 39.0 Å². The molecule has 0 spiro atoms. The second-order valence-corrected chi connectivity index (χ2v) is 5.53. The Morgan fingerprint density at radius 2 is 2.14 bits per heavy atom. The van der Waals surface area contributed by atoms with Crippen LogP contribution in [0.3, 0.4) is 0 Å². The van der Waals surface area contributed by atoms with Gasteiger partial charge in [0.1, 0.15) is 5.70 Å². The van der Waals surface area contributed by atoms with Gasteiger partial charge >= 0.3 is 5.97 Å². The Balaban J connectivity index is 2.15. The van der Waals surface area contributed by atoms with Crippen molar-refractivity contribution >= 4 is 11.9 Å². The third-order valence-electron chi connectivity index (χ3n) is 3.98. The molecule has 0 saturated heterocycles. The molecule has 0 aromatic heterocycles. The molecule has 0 unspecified atom stereocenters. The summed E-state index contributed by atoms with van der Waals surface area (Å²) in [6, 6.07) is 0.283. The van der Waals surface area contributed by atoms with E-state index in [9.17, 15) is 9.59 Å². The van der Waals surface area contributed by atoms with Gasteiger partial charge in [-0.15, -0.1) is 6.58 Å². The number of ether oxygens (including phenoxy) is 1. The predicted octanol–water partition coefficient (Wildman–Crippen LogP) is 1.75. The van der Waals surface area contributed by atoms with Crippen LogP contribution in [-0.2, 0) is 14.3 Å². The maximum absolute atomic E-state index is 12.4. The molecular weight excluding hydrogens is 268 g/mol. The minimum absolute atomic E-state index is 0.122. The summed E-state index contributed by atoms with van der Waals surface area (Å²) in [5, 5.41) is 3.30. The molecule has 1 aliphatic carbocycles. The Hall–Kier alpha value is -1.78. The Morgan fingerprint density at radius 3 is 2.76 bits per heavy atom. The molecule has 1 amide bonds. The molecule has 0 bridgehead atoms. The highest BCUT2D eigenvalue weighted by molar-refractivity contribution is 6.06. The van der Waals surface area contributed by atoms with Crippen LogP contribution in [0, 0.1) is 0 Å². The molecule has 1 aliphatic heterocycles. The molecule has 21 heavy (non-hydrogen) atoms. The van der Waals surface area contributed by atoms with Crippen molar-refractivity contribution in [3.8, 4) is 0 Å². The Bertz CT molecular complexity index is 450. The van der Waals surface area contributed by atoms with Crippen LogP contribution in [0.2, 0.25) is 0 Å². The minimum atomic E-state index is -0.393. The third kappa shape index (κ3) is 3.65. The molecule has 0 radical (unpaired) electrons. The zero-order chi connectivity index (χ0) is 15.2. The second-order valence-electron chi connectivity index (χ2n) is 5.53. The first-order valence-corrected chi connectivity index (χ1v) is 7.74. The molecule has 1 saturated carbocycles. The number of esters is 1. The first kappa shape index (κ1) is 15.6. The zero-order valence-electron chi connectivity index (χ0n) is 12.7. The third-order valence-corrected chi connectivity index (χ3v) is 3.98. The second kappa shape index (κ2) is 7.29. The summed E-state index contributed by atoms with van der Waals surface area (Å²) in [6.45, 7) is 6.49. The summed E-state index contributed by atoms with van der Waals surface area (Å²) in [7, 11) is 0. The van der Waals surface area contributed by atoms with Gasteiger partial charge in [0.05, 0.1) is 18.7 Å². The first-order valence-electron chi connectivity index (χ1n) is 7.74. The Labute approximate surface area is 126 Å². The fourth-order valence-electron chi connectivity index (χ4n) is 2.92. The van der Waals surface area contributed by atoms with Crippen LogP contribution in [0.5, 0.6) is 0 Å². The standard InChI is InChI=1S/C16H24N2O3/c1-3-10-18-11-13(16(20)21-4-2)14(15(18)19)17-12-8-6-5-7-9-12/h3,12,17H,1,4-11H2,2H3. The highest BCUT2D eigenvalue weighted by Gasteiger charge is 2.35. The van der Waals surface area contributed by atoms with E-state index < -0.39 is 5.97 Å². The van der Waals surface area contributed by atoms with E-state index in [1.54, 1.807) is 17.9 Å². The average Bonchev–Trinajstić information content (AvgIpc) is 2.79. The van der Waals surface area contributed by atoms with Crippen molar-refractivity contribution in [1.82, 2.24) is 10.2 Å². The van der Waals surface area contributed by atoms with Gasteiger partial charge in [-0.05, 0) is 19.8 Å². The van der Waals surface area contributed by atoms with Crippen molar-refractivity contribution in [3.63, 3.8) is 0 Å². The van der Waals surface area contributed by atoms with Crippen molar-refractivity contribution in [2.45, 2.75) is 45.1 Å². The van der Waals surface area contributed by atoms with Crippen LogP contribution in [0.25, 0.3) is 0 Å². The van der Waals surface area contributed by atoms with E-state index in [0.717, 1.165) is 12.8 Å². The summed E-state index contributed by atoms with van der Waals surface area (Å²) in [5.74, 6) is -0.515. The summed E-state index contributed by atoms with van der Waals surface area (Å²) in [4.78, 5) is 26.1. The first-order chi connectivity index (χ1) is 10.2. The lowest BCUT2D eigenvalue weighted by Crippen LogP contribution is -2.36. The zero-order valence-corrected chi connectivity index (χ0v) is 12.7. The lowest BCUT2D eigenvalue weighted by atomic mass is 9.95. The van der Waals surface area contributed by atoms with E-state index in [1.807, 2.05) is 0 Å². The summed E-state index contributed by atoms with van der Waals surface area (Å²) in [5.41, 5.74) is 0.886. The smallest absolute Gasteiger partial charge is 0.338 e. The van der Waals surface area contributed by atoms with Crippen molar-refractivity contribution in [2.75, 3.05) is 19.7 Å². The predicted molar refractivity (Wildman–Crippen MR) is 80.4 cm³/mol. The molecule has 5 nitrogen and oxygen atoms in total. The summed E-state index contributed by atoms with van der Waals surface area (Å²) in [6.07, 6.45) is 7.36. The van der Waals surface area contributed by atoms with Crippen molar-refractivity contribution < 1.29 is 14.3 Å².